The lowest BCUT2D eigenvalue weighted by molar-refractivity contribution is 1.15. The van der Waals surface area contributed by atoms with Gasteiger partial charge in [0.2, 0.25) is 0 Å². The van der Waals surface area contributed by atoms with Gasteiger partial charge in [0.15, 0.2) is 0 Å². The predicted molar refractivity (Wildman–Crippen MR) is 57.5 cm³/mol. The first kappa shape index (κ1) is 9.26. The number of pyridine rings is 1. The van der Waals surface area contributed by atoms with Gasteiger partial charge in [-0.1, -0.05) is 6.07 Å². The van der Waals surface area contributed by atoms with Crippen LogP contribution in [0.5, 0.6) is 0 Å². The van der Waals surface area contributed by atoms with Gasteiger partial charge >= 0.3 is 0 Å². The maximum Gasteiger partial charge on any atom is 0.146 e. The van der Waals surface area contributed by atoms with Crippen LogP contribution in [0.2, 0.25) is 0 Å². The monoisotopic (exact) mass is 199 g/mol. The maximum atomic E-state index is 4.05. The number of anilines is 1. The first-order chi connectivity index (χ1) is 7.45. The fourth-order valence-corrected chi connectivity index (χ4v) is 0.971. The van der Waals surface area contributed by atoms with Crippen LogP contribution in [0, 0.1) is 0 Å². The molecule has 0 saturated carbocycles. The summed E-state index contributed by atoms with van der Waals surface area (Å²) in [6, 6.07) is 7.33. The van der Waals surface area contributed by atoms with Crippen LogP contribution >= 0.6 is 0 Å². The van der Waals surface area contributed by atoms with Gasteiger partial charge in [0.25, 0.3) is 0 Å². The molecule has 0 bridgehead atoms. The highest BCUT2D eigenvalue weighted by molar-refractivity contribution is 5.77. The Kier molecular flexibility index (Phi) is 2.97. The highest BCUT2D eigenvalue weighted by Crippen LogP contribution is 1.98. The molecule has 0 atom stereocenters. The number of hydrogen-bond donors (Lipinski definition) is 1. The third kappa shape index (κ3) is 2.84. The predicted octanol–water partition coefficient (Wildman–Crippen LogP) is 1.32. The summed E-state index contributed by atoms with van der Waals surface area (Å²) in [4.78, 5) is 11.8. The summed E-state index contributed by atoms with van der Waals surface area (Å²) in [5.74, 6) is 0.697. The Morgan fingerprint density at radius 2 is 2.13 bits per heavy atom. The Balaban J connectivity index is 1.97. The standard InChI is InChI=1S/C10H9N5/c1-2-5-12-10(3-1)15-14-7-9-4-6-11-8-13-9/h1-8H,(H,12,15)/b14-7+. The van der Waals surface area contributed by atoms with Gasteiger partial charge in [-0.15, -0.1) is 0 Å². The molecule has 0 aliphatic rings. The van der Waals surface area contributed by atoms with E-state index in [2.05, 4.69) is 25.5 Å². The number of rotatable bonds is 3. The smallest absolute Gasteiger partial charge is 0.146 e. The Morgan fingerprint density at radius 3 is 2.87 bits per heavy atom. The van der Waals surface area contributed by atoms with Crippen molar-refractivity contribution in [1.82, 2.24) is 15.0 Å². The molecule has 0 amide bonds. The number of aromatic nitrogens is 3. The zero-order valence-electron chi connectivity index (χ0n) is 7.91. The van der Waals surface area contributed by atoms with Crippen LogP contribution in [0.3, 0.4) is 0 Å². The molecule has 0 fully saturated rings. The van der Waals surface area contributed by atoms with Crippen molar-refractivity contribution in [1.29, 1.82) is 0 Å². The van der Waals surface area contributed by atoms with Crippen molar-refractivity contribution < 1.29 is 0 Å². The third-order valence-corrected chi connectivity index (χ3v) is 1.65. The van der Waals surface area contributed by atoms with Crippen molar-refractivity contribution >= 4 is 12.0 Å². The van der Waals surface area contributed by atoms with E-state index in [4.69, 9.17) is 0 Å². The van der Waals surface area contributed by atoms with E-state index in [0.717, 1.165) is 5.69 Å². The van der Waals surface area contributed by atoms with Gasteiger partial charge in [-0.3, -0.25) is 5.43 Å². The fourth-order valence-electron chi connectivity index (χ4n) is 0.971. The molecule has 2 heterocycles. The summed E-state index contributed by atoms with van der Waals surface area (Å²) in [6.45, 7) is 0. The largest absolute Gasteiger partial charge is 0.261 e. The molecule has 1 N–H and O–H groups in total. The molecule has 0 radical (unpaired) electrons. The molecular formula is C10H9N5. The van der Waals surface area contributed by atoms with Crippen molar-refractivity contribution in [2.24, 2.45) is 5.10 Å². The normalized spacial score (nSPS) is 10.4. The molecule has 2 aromatic heterocycles. The van der Waals surface area contributed by atoms with Crippen LogP contribution in [-0.4, -0.2) is 21.2 Å². The molecule has 0 saturated heterocycles. The van der Waals surface area contributed by atoms with E-state index >= 15 is 0 Å². The van der Waals surface area contributed by atoms with Crippen molar-refractivity contribution in [3.63, 3.8) is 0 Å². The molecular weight excluding hydrogens is 190 g/mol. The Morgan fingerprint density at radius 1 is 1.13 bits per heavy atom. The van der Waals surface area contributed by atoms with E-state index < -0.39 is 0 Å². The summed E-state index contributed by atoms with van der Waals surface area (Å²) < 4.78 is 0. The Hall–Kier alpha value is -2.30. The first-order valence-corrected chi connectivity index (χ1v) is 4.41. The highest BCUT2D eigenvalue weighted by Gasteiger charge is 1.87. The van der Waals surface area contributed by atoms with Crippen molar-refractivity contribution in [3.05, 3.63) is 48.7 Å². The number of hydrazone groups is 1. The number of nitrogens with one attached hydrogen (secondary N) is 1. The van der Waals surface area contributed by atoms with E-state index in [-0.39, 0.29) is 0 Å². The van der Waals surface area contributed by atoms with Crippen LogP contribution in [0.4, 0.5) is 5.82 Å². The van der Waals surface area contributed by atoms with Crippen molar-refractivity contribution in [3.8, 4) is 0 Å². The molecule has 74 valence electrons. The van der Waals surface area contributed by atoms with Crippen molar-refractivity contribution in [2.45, 2.75) is 0 Å². The molecule has 0 aliphatic carbocycles. The second-order valence-corrected chi connectivity index (χ2v) is 2.72. The average molecular weight is 199 g/mol. The second kappa shape index (κ2) is 4.80. The number of hydrogen-bond acceptors (Lipinski definition) is 5. The van der Waals surface area contributed by atoms with Gasteiger partial charge in [0, 0.05) is 12.4 Å². The topological polar surface area (TPSA) is 63.1 Å². The van der Waals surface area contributed by atoms with Crippen LogP contribution in [0.1, 0.15) is 5.69 Å². The van der Waals surface area contributed by atoms with Crippen LogP contribution in [0.25, 0.3) is 0 Å². The minimum Gasteiger partial charge on any atom is -0.261 e. The summed E-state index contributed by atoms with van der Waals surface area (Å²) >= 11 is 0. The molecule has 2 aromatic rings. The summed E-state index contributed by atoms with van der Waals surface area (Å²) in [7, 11) is 0. The molecule has 0 spiro atoms. The lowest BCUT2D eigenvalue weighted by Gasteiger charge is -1.96. The molecule has 0 unspecified atom stereocenters. The van der Waals surface area contributed by atoms with Gasteiger partial charge in [-0.2, -0.15) is 5.10 Å². The summed E-state index contributed by atoms with van der Waals surface area (Å²) in [5.41, 5.74) is 3.53. The minimum absolute atomic E-state index is 0.697. The molecule has 5 heteroatoms. The van der Waals surface area contributed by atoms with Gasteiger partial charge in [0.05, 0.1) is 11.9 Å². The van der Waals surface area contributed by atoms with E-state index in [1.165, 1.54) is 6.33 Å². The molecule has 5 nitrogen and oxygen atoms in total. The lowest BCUT2D eigenvalue weighted by Crippen LogP contribution is -1.94. The van der Waals surface area contributed by atoms with E-state index in [0.29, 0.717) is 5.82 Å². The molecule has 2 rings (SSSR count). The zero-order chi connectivity index (χ0) is 10.3. The number of nitrogens with zero attached hydrogens (tertiary/aromatic N) is 4. The van der Waals surface area contributed by atoms with E-state index in [1.54, 1.807) is 24.7 Å². The van der Waals surface area contributed by atoms with Gasteiger partial charge < -0.3 is 0 Å². The van der Waals surface area contributed by atoms with Crippen molar-refractivity contribution in [2.75, 3.05) is 5.43 Å². The maximum absolute atomic E-state index is 4.05. The minimum atomic E-state index is 0.697. The van der Waals surface area contributed by atoms with Gasteiger partial charge in [-0.05, 0) is 18.2 Å². The van der Waals surface area contributed by atoms with Crippen LogP contribution in [0.15, 0.2) is 48.1 Å². The van der Waals surface area contributed by atoms with Gasteiger partial charge in [-0.25, -0.2) is 15.0 Å². The fraction of sp³-hybridized carbons (Fsp3) is 0. The van der Waals surface area contributed by atoms with Crippen LogP contribution < -0.4 is 5.43 Å². The van der Waals surface area contributed by atoms with Gasteiger partial charge in [0.1, 0.15) is 12.1 Å². The zero-order valence-corrected chi connectivity index (χ0v) is 7.91. The Bertz CT molecular complexity index is 426. The summed E-state index contributed by atoms with van der Waals surface area (Å²) in [5, 5.41) is 3.98. The SMILES string of the molecule is C(=N\Nc1ccccn1)/c1ccncn1. The van der Waals surface area contributed by atoms with Crippen LogP contribution in [-0.2, 0) is 0 Å². The molecule has 0 aliphatic heterocycles. The second-order valence-electron chi connectivity index (χ2n) is 2.72. The highest BCUT2D eigenvalue weighted by atomic mass is 15.3. The lowest BCUT2D eigenvalue weighted by atomic mass is 10.4. The van der Waals surface area contributed by atoms with E-state index in [9.17, 15) is 0 Å². The summed E-state index contributed by atoms with van der Waals surface area (Å²) in [6.07, 6.45) is 6.44. The third-order valence-electron chi connectivity index (χ3n) is 1.65. The first-order valence-electron chi connectivity index (χ1n) is 4.41. The Labute approximate surface area is 86.9 Å². The molecule has 15 heavy (non-hydrogen) atoms. The molecule has 0 aromatic carbocycles. The quantitative estimate of drug-likeness (QED) is 0.598. The van der Waals surface area contributed by atoms with E-state index in [1.807, 2.05) is 18.2 Å². The average Bonchev–Trinajstić information content (AvgIpc) is 2.32.